The van der Waals surface area contributed by atoms with Gasteiger partial charge in [-0.25, -0.2) is 17.8 Å². The fourth-order valence-corrected chi connectivity index (χ4v) is 3.61. The minimum Gasteiger partial charge on any atom is -0.338 e. The maximum Gasteiger partial charge on any atom is 0.416 e. The van der Waals surface area contributed by atoms with Crippen LogP contribution in [0.3, 0.4) is 0 Å². The topological polar surface area (TPSA) is 124 Å². The van der Waals surface area contributed by atoms with Gasteiger partial charge >= 0.3 is 6.18 Å². The van der Waals surface area contributed by atoms with Gasteiger partial charge in [-0.15, -0.1) is 0 Å². The predicted octanol–water partition coefficient (Wildman–Crippen LogP) is 2.77. The smallest absolute Gasteiger partial charge is 0.338 e. The third-order valence-corrected chi connectivity index (χ3v) is 5.32. The monoisotopic (exact) mass is 425 g/mol. The zero-order valence-corrected chi connectivity index (χ0v) is 15.0. The number of hydrogen-bond acceptors (Lipinski definition) is 8. The molecule has 29 heavy (non-hydrogen) atoms. The number of benzene rings is 2. The van der Waals surface area contributed by atoms with Crippen LogP contribution >= 0.6 is 0 Å². The number of fused-ring (bicyclic) bond motifs is 1. The van der Waals surface area contributed by atoms with Crippen LogP contribution in [0, 0.1) is 0 Å². The lowest BCUT2D eigenvalue weighted by molar-refractivity contribution is -0.137. The number of nitrogens with zero attached hydrogens (tertiary/aromatic N) is 4. The molecule has 0 unspecified atom stereocenters. The Morgan fingerprint density at radius 1 is 1.00 bits per heavy atom. The van der Waals surface area contributed by atoms with Crippen molar-refractivity contribution in [1.29, 1.82) is 0 Å². The van der Waals surface area contributed by atoms with Gasteiger partial charge in [-0.1, -0.05) is 23.4 Å². The molecule has 0 amide bonds. The van der Waals surface area contributed by atoms with E-state index in [0.29, 0.717) is 0 Å². The number of hydrogen-bond donors (Lipinski definition) is 1. The molecule has 4 aromatic rings. The number of aromatic nitrogens is 4. The van der Waals surface area contributed by atoms with Crippen molar-refractivity contribution < 1.29 is 30.7 Å². The predicted molar refractivity (Wildman–Crippen MR) is 90.6 cm³/mol. The summed E-state index contributed by atoms with van der Waals surface area (Å²) in [7, 11) is -4.00. The molecular weight excluding hydrogens is 415 g/mol. The average Bonchev–Trinajstić information content (AvgIpc) is 3.35. The lowest BCUT2D eigenvalue weighted by Gasteiger charge is -2.05. The normalized spacial score (nSPS) is 12.5. The van der Waals surface area contributed by atoms with Crippen molar-refractivity contribution in [2.45, 2.75) is 17.6 Å². The van der Waals surface area contributed by atoms with Crippen molar-refractivity contribution in [3.8, 4) is 11.4 Å². The van der Waals surface area contributed by atoms with Crippen LogP contribution in [-0.2, 0) is 22.7 Å². The van der Waals surface area contributed by atoms with E-state index in [1.165, 1.54) is 24.3 Å². The van der Waals surface area contributed by atoms with E-state index < -0.39 is 21.8 Å². The second kappa shape index (κ2) is 6.93. The molecule has 150 valence electrons. The maximum absolute atomic E-state index is 12.6. The molecule has 4 rings (SSSR count). The van der Waals surface area contributed by atoms with Crippen LogP contribution in [0.2, 0.25) is 0 Å². The van der Waals surface area contributed by atoms with E-state index in [9.17, 15) is 21.6 Å². The van der Waals surface area contributed by atoms with Crippen LogP contribution < -0.4 is 4.72 Å². The molecule has 13 heteroatoms. The summed E-state index contributed by atoms with van der Waals surface area (Å²) in [5.41, 5.74) is -0.185. The average molecular weight is 425 g/mol. The highest BCUT2D eigenvalue weighted by Crippen LogP contribution is 2.30. The van der Waals surface area contributed by atoms with Gasteiger partial charge in [-0.2, -0.15) is 18.2 Å². The van der Waals surface area contributed by atoms with Gasteiger partial charge in [0.05, 0.1) is 12.1 Å². The Balaban J connectivity index is 1.50. The van der Waals surface area contributed by atoms with Crippen LogP contribution in [0.4, 0.5) is 13.2 Å². The van der Waals surface area contributed by atoms with Crippen LogP contribution in [0.15, 0.2) is 56.5 Å². The number of halogens is 3. The second-order valence-electron chi connectivity index (χ2n) is 5.80. The fourth-order valence-electron chi connectivity index (χ4n) is 2.48. The standard InChI is InChI=1S/C16H10F3N5O4S/c17-16(18,19)10-6-4-9(5-7-10)15-21-13(27-24-15)8-20-29(25,26)12-3-1-2-11-14(12)23-28-22-11/h1-7,20H,8H2. The highest BCUT2D eigenvalue weighted by Gasteiger charge is 2.30. The lowest BCUT2D eigenvalue weighted by atomic mass is 10.1. The zero-order chi connectivity index (χ0) is 20.6. The number of alkyl halides is 3. The molecule has 1 N–H and O–H groups in total. The zero-order valence-electron chi connectivity index (χ0n) is 14.2. The second-order valence-corrected chi connectivity index (χ2v) is 7.53. The maximum atomic E-state index is 12.6. The Kier molecular flexibility index (Phi) is 4.55. The van der Waals surface area contributed by atoms with Crippen molar-refractivity contribution in [2.75, 3.05) is 0 Å². The van der Waals surface area contributed by atoms with E-state index in [0.717, 1.165) is 12.1 Å². The number of rotatable bonds is 5. The summed E-state index contributed by atoms with van der Waals surface area (Å²) in [5.74, 6) is -0.0512. The minimum atomic E-state index is -4.46. The Morgan fingerprint density at radius 3 is 2.48 bits per heavy atom. The Labute approximate surface area is 160 Å². The molecule has 0 saturated carbocycles. The molecule has 0 saturated heterocycles. The van der Waals surface area contributed by atoms with Gasteiger partial charge in [0.15, 0.2) is 5.52 Å². The molecule has 0 spiro atoms. The summed E-state index contributed by atoms with van der Waals surface area (Å²) in [4.78, 5) is 3.85. The molecular formula is C16H10F3N5O4S. The molecule has 9 nitrogen and oxygen atoms in total. The highest BCUT2D eigenvalue weighted by molar-refractivity contribution is 7.89. The van der Waals surface area contributed by atoms with Crippen LogP contribution in [0.25, 0.3) is 22.4 Å². The molecule has 0 aliphatic carbocycles. The van der Waals surface area contributed by atoms with Crippen molar-refractivity contribution in [3.05, 3.63) is 53.9 Å². The van der Waals surface area contributed by atoms with Crippen LogP contribution in [0.1, 0.15) is 11.5 Å². The molecule has 0 radical (unpaired) electrons. The third-order valence-electron chi connectivity index (χ3n) is 3.89. The van der Waals surface area contributed by atoms with E-state index in [-0.39, 0.29) is 39.8 Å². The molecule has 0 bridgehead atoms. The van der Waals surface area contributed by atoms with E-state index in [1.54, 1.807) is 6.07 Å². The Bertz CT molecular complexity index is 1270. The number of sulfonamides is 1. The first-order chi connectivity index (χ1) is 13.7. The van der Waals surface area contributed by atoms with Crippen LogP contribution in [0.5, 0.6) is 0 Å². The molecule has 2 aromatic carbocycles. The van der Waals surface area contributed by atoms with Gasteiger partial charge in [0.25, 0.3) is 0 Å². The Morgan fingerprint density at radius 2 is 1.76 bits per heavy atom. The SMILES string of the molecule is O=S(=O)(NCc1nc(-c2ccc(C(F)(F)F)cc2)no1)c1cccc2nonc12. The third kappa shape index (κ3) is 3.82. The van der Waals surface area contributed by atoms with Gasteiger partial charge in [0, 0.05) is 5.56 Å². The molecule has 0 fully saturated rings. The molecule has 0 aliphatic heterocycles. The fraction of sp³-hybridized carbons (Fsp3) is 0.125. The lowest BCUT2D eigenvalue weighted by Crippen LogP contribution is -2.23. The minimum absolute atomic E-state index is 0.0238. The Hall–Kier alpha value is -3.32. The van der Waals surface area contributed by atoms with Crippen molar-refractivity contribution in [1.82, 2.24) is 25.2 Å². The summed E-state index contributed by atoms with van der Waals surface area (Å²) in [6, 6.07) is 8.52. The van der Waals surface area contributed by atoms with Gasteiger partial charge < -0.3 is 4.52 Å². The summed E-state index contributed by atoms with van der Waals surface area (Å²) in [6.45, 7) is -0.336. The van der Waals surface area contributed by atoms with Gasteiger partial charge in [-0.05, 0) is 34.6 Å². The first-order valence-corrected chi connectivity index (χ1v) is 9.43. The number of nitrogens with one attached hydrogen (secondary N) is 1. The summed E-state index contributed by atoms with van der Waals surface area (Å²) >= 11 is 0. The first kappa shape index (κ1) is 19.0. The van der Waals surface area contributed by atoms with Crippen LogP contribution in [-0.4, -0.2) is 28.9 Å². The van der Waals surface area contributed by atoms with Gasteiger partial charge in [0.1, 0.15) is 10.4 Å². The molecule has 2 heterocycles. The highest BCUT2D eigenvalue weighted by atomic mass is 32.2. The van der Waals surface area contributed by atoms with Gasteiger partial charge in [-0.3, -0.25) is 0 Å². The molecule has 0 aliphatic rings. The first-order valence-electron chi connectivity index (χ1n) is 7.95. The summed E-state index contributed by atoms with van der Waals surface area (Å²) < 4.78 is 74.7. The van der Waals surface area contributed by atoms with Gasteiger partial charge in [0.2, 0.25) is 21.7 Å². The summed E-state index contributed by atoms with van der Waals surface area (Å²) in [5, 5.41) is 10.8. The van der Waals surface area contributed by atoms with Crippen molar-refractivity contribution >= 4 is 21.1 Å². The summed E-state index contributed by atoms with van der Waals surface area (Å²) in [6.07, 6.45) is -4.46. The molecule has 0 atom stereocenters. The van der Waals surface area contributed by atoms with E-state index in [1.807, 2.05) is 0 Å². The van der Waals surface area contributed by atoms with Crippen molar-refractivity contribution in [2.24, 2.45) is 0 Å². The van der Waals surface area contributed by atoms with E-state index in [4.69, 9.17) is 4.52 Å². The largest absolute Gasteiger partial charge is 0.416 e. The van der Waals surface area contributed by atoms with E-state index in [2.05, 4.69) is 29.8 Å². The quantitative estimate of drug-likeness (QED) is 0.518. The van der Waals surface area contributed by atoms with Crippen molar-refractivity contribution in [3.63, 3.8) is 0 Å². The molecule has 2 aromatic heterocycles. The van der Waals surface area contributed by atoms with E-state index >= 15 is 0 Å².